The fourth-order valence-electron chi connectivity index (χ4n) is 2.19. The predicted octanol–water partition coefficient (Wildman–Crippen LogP) is 3.60. The third-order valence-electron chi connectivity index (χ3n) is 3.13. The summed E-state index contributed by atoms with van der Waals surface area (Å²) < 4.78 is 27.1. The van der Waals surface area contributed by atoms with Crippen LogP contribution in [0, 0.1) is 0 Å². The summed E-state index contributed by atoms with van der Waals surface area (Å²) in [5, 5.41) is 0.339. The van der Waals surface area contributed by atoms with Gasteiger partial charge in [0.15, 0.2) is 0 Å². The van der Waals surface area contributed by atoms with Crippen molar-refractivity contribution in [1.82, 2.24) is 4.72 Å². The van der Waals surface area contributed by atoms with E-state index in [4.69, 9.17) is 23.2 Å². The van der Waals surface area contributed by atoms with Crippen LogP contribution >= 0.6 is 23.2 Å². The van der Waals surface area contributed by atoms with Gasteiger partial charge < -0.3 is 0 Å². The van der Waals surface area contributed by atoms with Crippen molar-refractivity contribution in [2.45, 2.75) is 43.0 Å². The number of nitrogens with one attached hydrogen (secondary N) is 1. The molecule has 0 aliphatic heterocycles. The largest absolute Gasteiger partial charge is 0.242 e. The van der Waals surface area contributed by atoms with E-state index in [0.29, 0.717) is 0 Å². The molecule has 0 radical (unpaired) electrons. The highest BCUT2D eigenvalue weighted by atomic mass is 35.5. The Bertz CT molecular complexity index is 525. The molecule has 1 aromatic carbocycles. The molecule has 3 nitrogen and oxygen atoms in total. The Morgan fingerprint density at radius 2 is 1.78 bits per heavy atom. The number of hydrogen-bond donors (Lipinski definition) is 1. The lowest BCUT2D eigenvalue weighted by molar-refractivity contribution is 0.412. The topological polar surface area (TPSA) is 46.2 Å². The maximum atomic E-state index is 12.2. The molecule has 1 fully saturated rings. The zero-order chi connectivity index (χ0) is 13.2. The first-order valence-corrected chi connectivity index (χ1v) is 8.21. The van der Waals surface area contributed by atoms with Crippen LogP contribution in [0.5, 0.6) is 0 Å². The second-order valence-corrected chi connectivity index (χ2v) is 6.98. The summed E-state index contributed by atoms with van der Waals surface area (Å²) >= 11 is 11.8. The molecule has 1 N–H and O–H groups in total. The first-order chi connectivity index (χ1) is 8.50. The fourth-order valence-corrected chi connectivity index (χ4v) is 4.26. The van der Waals surface area contributed by atoms with Gasteiger partial charge in [-0.25, -0.2) is 13.1 Å². The molecule has 0 amide bonds. The van der Waals surface area contributed by atoms with Gasteiger partial charge >= 0.3 is 0 Å². The van der Waals surface area contributed by atoms with Crippen LogP contribution in [0.15, 0.2) is 23.1 Å². The van der Waals surface area contributed by atoms with E-state index in [1.807, 2.05) is 0 Å². The van der Waals surface area contributed by atoms with Crippen molar-refractivity contribution in [2.75, 3.05) is 0 Å². The molecule has 2 rings (SSSR count). The Morgan fingerprint density at radius 3 is 2.44 bits per heavy atom. The van der Waals surface area contributed by atoms with Crippen molar-refractivity contribution < 1.29 is 8.42 Å². The molecule has 0 heterocycles. The van der Waals surface area contributed by atoms with Crippen molar-refractivity contribution in [3.05, 3.63) is 28.2 Å². The van der Waals surface area contributed by atoms with E-state index in [1.54, 1.807) is 12.1 Å². The summed E-state index contributed by atoms with van der Waals surface area (Å²) in [6.45, 7) is 0. The van der Waals surface area contributed by atoms with Gasteiger partial charge in [-0.05, 0) is 25.0 Å². The monoisotopic (exact) mass is 307 g/mol. The van der Waals surface area contributed by atoms with Gasteiger partial charge in [0.1, 0.15) is 4.90 Å². The van der Waals surface area contributed by atoms with E-state index < -0.39 is 10.0 Å². The summed E-state index contributed by atoms with van der Waals surface area (Å²) in [6.07, 6.45) is 5.08. The van der Waals surface area contributed by atoms with Gasteiger partial charge in [0.05, 0.1) is 10.0 Å². The Hall–Kier alpha value is -0.290. The average Bonchev–Trinajstić information content (AvgIpc) is 2.33. The van der Waals surface area contributed by atoms with Crippen molar-refractivity contribution in [3.8, 4) is 0 Å². The Kier molecular flexibility index (Phi) is 4.54. The van der Waals surface area contributed by atoms with E-state index in [0.717, 1.165) is 25.7 Å². The summed E-state index contributed by atoms with van der Waals surface area (Å²) in [5.74, 6) is 0. The second kappa shape index (κ2) is 5.78. The highest BCUT2D eigenvalue weighted by Crippen LogP contribution is 2.29. The molecular formula is C12H15Cl2NO2S. The molecule has 1 aromatic rings. The Morgan fingerprint density at radius 1 is 1.11 bits per heavy atom. The summed E-state index contributed by atoms with van der Waals surface area (Å²) in [6, 6.07) is 4.64. The lowest BCUT2D eigenvalue weighted by atomic mass is 9.96. The lowest BCUT2D eigenvalue weighted by Gasteiger charge is -2.22. The first-order valence-electron chi connectivity index (χ1n) is 5.97. The molecule has 1 saturated carbocycles. The van der Waals surface area contributed by atoms with Gasteiger partial charge in [-0.1, -0.05) is 48.5 Å². The minimum absolute atomic E-state index is 0.0128. The molecule has 0 aromatic heterocycles. The number of sulfonamides is 1. The number of rotatable bonds is 3. The number of hydrogen-bond acceptors (Lipinski definition) is 2. The van der Waals surface area contributed by atoms with Crippen molar-refractivity contribution in [3.63, 3.8) is 0 Å². The molecule has 100 valence electrons. The number of benzene rings is 1. The summed E-state index contributed by atoms with van der Waals surface area (Å²) in [7, 11) is -3.58. The van der Waals surface area contributed by atoms with Gasteiger partial charge in [-0.2, -0.15) is 0 Å². The molecule has 0 bridgehead atoms. The first kappa shape index (κ1) is 14.1. The molecule has 18 heavy (non-hydrogen) atoms. The quantitative estimate of drug-likeness (QED) is 0.927. The second-order valence-electron chi connectivity index (χ2n) is 4.51. The Balaban J connectivity index is 2.22. The smallest absolute Gasteiger partial charge is 0.208 e. The summed E-state index contributed by atoms with van der Waals surface area (Å²) in [4.78, 5) is 0.0576. The molecule has 6 heteroatoms. The molecule has 0 atom stereocenters. The third kappa shape index (κ3) is 3.18. The fraction of sp³-hybridized carbons (Fsp3) is 0.500. The molecular weight excluding hydrogens is 293 g/mol. The third-order valence-corrected chi connectivity index (χ3v) is 5.63. The standard InChI is InChI=1S/C12H15Cl2NO2S/c13-10-7-4-8-11(12(10)14)18(16,17)15-9-5-2-1-3-6-9/h4,7-9,15H,1-3,5-6H2. The molecule has 0 unspecified atom stereocenters. The van der Waals surface area contributed by atoms with Gasteiger partial charge in [0, 0.05) is 6.04 Å². The molecule has 0 saturated heterocycles. The minimum Gasteiger partial charge on any atom is -0.208 e. The van der Waals surface area contributed by atoms with E-state index in [1.165, 1.54) is 12.5 Å². The van der Waals surface area contributed by atoms with Crippen molar-refractivity contribution in [1.29, 1.82) is 0 Å². The van der Waals surface area contributed by atoms with Crippen LogP contribution in [0.3, 0.4) is 0 Å². The molecule has 1 aliphatic rings. The van der Waals surface area contributed by atoms with E-state index in [9.17, 15) is 8.42 Å². The van der Waals surface area contributed by atoms with Crippen molar-refractivity contribution in [2.24, 2.45) is 0 Å². The maximum Gasteiger partial charge on any atom is 0.242 e. The molecule has 0 spiro atoms. The van der Waals surface area contributed by atoms with Crippen LogP contribution in [-0.4, -0.2) is 14.5 Å². The van der Waals surface area contributed by atoms with E-state index in [-0.39, 0.29) is 21.0 Å². The van der Waals surface area contributed by atoms with Crippen molar-refractivity contribution >= 4 is 33.2 Å². The minimum atomic E-state index is -3.58. The van der Waals surface area contributed by atoms with Crippen LogP contribution in [0.2, 0.25) is 10.0 Å². The highest BCUT2D eigenvalue weighted by Gasteiger charge is 2.24. The van der Waals surface area contributed by atoms with Gasteiger partial charge in [-0.15, -0.1) is 0 Å². The predicted molar refractivity (Wildman–Crippen MR) is 73.7 cm³/mol. The van der Waals surface area contributed by atoms with Crippen LogP contribution in [0.4, 0.5) is 0 Å². The highest BCUT2D eigenvalue weighted by molar-refractivity contribution is 7.89. The maximum absolute atomic E-state index is 12.2. The molecule has 1 aliphatic carbocycles. The van der Waals surface area contributed by atoms with Gasteiger partial charge in [-0.3, -0.25) is 0 Å². The van der Waals surface area contributed by atoms with Crippen LogP contribution < -0.4 is 4.72 Å². The van der Waals surface area contributed by atoms with E-state index >= 15 is 0 Å². The van der Waals surface area contributed by atoms with E-state index in [2.05, 4.69) is 4.72 Å². The normalized spacial score (nSPS) is 17.9. The number of halogens is 2. The zero-order valence-electron chi connectivity index (χ0n) is 9.83. The SMILES string of the molecule is O=S(=O)(NC1CCCCC1)c1cccc(Cl)c1Cl. The average molecular weight is 308 g/mol. The van der Waals surface area contributed by atoms with Gasteiger partial charge in [0.2, 0.25) is 10.0 Å². The van der Waals surface area contributed by atoms with Gasteiger partial charge in [0.25, 0.3) is 0 Å². The lowest BCUT2D eigenvalue weighted by Crippen LogP contribution is -2.36. The van der Waals surface area contributed by atoms with Crippen LogP contribution in [0.25, 0.3) is 0 Å². The van der Waals surface area contributed by atoms with Crippen LogP contribution in [-0.2, 0) is 10.0 Å². The zero-order valence-corrected chi connectivity index (χ0v) is 12.2. The summed E-state index contributed by atoms with van der Waals surface area (Å²) in [5.41, 5.74) is 0. The Labute approximate surface area is 118 Å². The van der Waals surface area contributed by atoms with Crippen LogP contribution in [0.1, 0.15) is 32.1 Å².